The van der Waals surface area contributed by atoms with Gasteiger partial charge in [-0.1, -0.05) is 44.2 Å². The second-order valence-corrected chi connectivity index (χ2v) is 11.6. The van der Waals surface area contributed by atoms with Gasteiger partial charge in [0.1, 0.15) is 0 Å². The van der Waals surface area contributed by atoms with Gasteiger partial charge in [-0.2, -0.15) is 0 Å². The first-order chi connectivity index (χ1) is 18.3. The molecule has 38 heavy (non-hydrogen) atoms. The number of guanidine groups is 1. The first-order valence-corrected chi connectivity index (χ1v) is 14.3. The number of carbonyl (C=O) groups is 3. The maximum Gasteiger partial charge on any atom is 0.243 e. The van der Waals surface area contributed by atoms with E-state index in [4.69, 9.17) is 16.9 Å². The lowest BCUT2D eigenvalue weighted by molar-refractivity contribution is -0.132. The molecule has 206 valence electrons. The number of rotatable bonds is 10. The number of thiazole rings is 1. The molecule has 4 rings (SSSR count). The summed E-state index contributed by atoms with van der Waals surface area (Å²) in [4.78, 5) is 47.7. The fourth-order valence-electron chi connectivity index (χ4n) is 5.93. The highest BCUT2D eigenvalue weighted by Crippen LogP contribution is 2.39. The number of imide groups is 1. The summed E-state index contributed by atoms with van der Waals surface area (Å²) < 4.78 is 0.940. The molecule has 1 aliphatic heterocycles. The van der Waals surface area contributed by atoms with Gasteiger partial charge in [-0.05, 0) is 43.2 Å². The molecule has 0 radical (unpaired) electrons. The molecule has 1 saturated carbocycles. The Balaban J connectivity index is 1.63. The number of nitrogens with zero attached hydrogens (tertiary/aromatic N) is 3. The van der Waals surface area contributed by atoms with Crippen molar-refractivity contribution in [3.63, 3.8) is 0 Å². The topological polar surface area (TPSA) is 159 Å². The van der Waals surface area contributed by atoms with Gasteiger partial charge in [0.15, 0.2) is 11.0 Å². The number of nitrogens with two attached hydrogens (primary N) is 2. The Bertz CT molecular complexity index is 1130. The maximum absolute atomic E-state index is 14.0. The Kier molecular flexibility index (Phi) is 9.45. The second kappa shape index (κ2) is 12.8. The highest BCUT2D eigenvalue weighted by Gasteiger charge is 2.45. The van der Waals surface area contributed by atoms with Crippen molar-refractivity contribution in [3.8, 4) is 0 Å². The number of fused-ring (bicyclic) bond motifs is 1. The Labute approximate surface area is 227 Å². The van der Waals surface area contributed by atoms with E-state index in [1.165, 1.54) is 30.6 Å². The molecule has 1 unspecified atom stereocenters. The van der Waals surface area contributed by atoms with Crippen LogP contribution in [0.15, 0.2) is 24.3 Å². The molecule has 1 saturated heterocycles. The van der Waals surface area contributed by atoms with Crippen LogP contribution in [-0.2, 0) is 9.59 Å². The van der Waals surface area contributed by atoms with Crippen molar-refractivity contribution in [2.45, 2.75) is 63.5 Å². The van der Waals surface area contributed by atoms with Crippen molar-refractivity contribution in [1.82, 2.24) is 20.1 Å². The lowest BCUT2D eigenvalue weighted by atomic mass is 9.79. The SMILES string of the molecule is CN(CCC[C@@H](C(=O)c1nc2ccccc2s1)N1CC(C2CCCCC2)C[C@H]1C(=O)NC(=O)CN)C(=N)N. The fourth-order valence-corrected chi connectivity index (χ4v) is 6.88. The third-order valence-electron chi connectivity index (χ3n) is 8.03. The van der Waals surface area contributed by atoms with Crippen molar-refractivity contribution in [2.75, 3.05) is 26.7 Å². The molecule has 2 fully saturated rings. The summed E-state index contributed by atoms with van der Waals surface area (Å²) >= 11 is 1.37. The summed E-state index contributed by atoms with van der Waals surface area (Å²) in [6.45, 7) is 0.876. The lowest BCUT2D eigenvalue weighted by Crippen LogP contribution is -2.52. The molecule has 0 bridgehead atoms. The number of aromatic nitrogens is 1. The Morgan fingerprint density at radius 2 is 1.95 bits per heavy atom. The predicted molar refractivity (Wildman–Crippen MR) is 149 cm³/mol. The van der Waals surface area contributed by atoms with Gasteiger partial charge >= 0.3 is 0 Å². The summed E-state index contributed by atoms with van der Waals surface area (Å²) in [5.74, 6) is -0.255. The monoisotopic (exact) mass is 541 g/mol. The van der Waals surface area contributed by atoms with Gasteiger partial charge in [-0.25, -0.2) is 4.98 Å². The van der Waals surface area contributed by atoms with Crippen molar-refractivity contribution in [3.05, 3.63) is 29.3 Å². The van der Waals surface area contributed by atoms with E-state index < -0.39 is 18.0 Å². The van der Waals surface area contributed by atoms with E-state index in [9.17, 15) is 14.4 Å². The van der Waals surface area contributed by atoms with Gasteiger partial charge < -0.3 is 16.4 Å². The summed E-state index contributed by atoms with van der Waals surface area (Å²) in [7, 11) is 1.75. The number of likely N-dealkylation sites (tertiary alicyclic amines) is 1. The molecule has 3 atom stereocenters. The molecule has 2 aliphatic rings. The minimum atomic E-state index is -0.591. The van der Waals surface area contributed by atoms with Crippen molar-refractivity contribution < 1.29 is 14.4 Å². The first kappa shape index (κ1) is 28.1. The number of Topliss-reactive ketones (excluding diaryl/α,β-unsaturated/α-hetero) is 1. The van der Waals surface area contributed by atoms with Gasteiger partial charge in [0.2, 0.25) is 17.6 Å². The molecule has 1 aromatic heterocycles. The minimum Gasteiger partial charge on any atom is -0.370 e. The largest absolute Gasteiger partial charge is 0.370 e. The van der Waals surface area contributed by atoms with E-state index in [0.717, 1.165) is 23.1 Å². The molecule has 1 aromatic carbocycles. The number of nitrogens with one attached hydrogen (secondary N) is 2. The van der Waals surface area contributed by atoms with E-state index in [1.807, 2.05) is 29.2 Å². The van der Waals surface area contributed by atoms with E-state index in [-0.39, 0.29) is 30.1 Å². The molecular formula is C27H39N7O3S. The molecule has 11 heteroatoms. The first-order valence-electron chi connectivity index (χ1n) is 13.5. The van der Waals surface area contributed by atoms with Gasteiger partial charge in [0.05, 0.1) is 28.8 Å². The van der Waals surface area contributed by atoms with Gasteiger partial charge in [0, 0.05) is 20.1 Å². The van der Waals surface area contributed by atoms with Gasteiger partial charge in [-0.3, -0.25) is 30.0 Å². The number of hydrogen-bond acceptors (Lipinski definition) is 8. The Morgan fingerprint density at radius 3 is 2.63 bits per heavy atom. The molecule has 2 heterocycles. The molecular weight excluding hydrogens is 502 g/mol. The Morgan fingerprint density at radius 1 is 1.21 bits per heavy atom. The number of benzene rings is 1. The summed E-state index contributed by atoms with van der Waals surface area (Å²) in [6.07, 6.45) is 7.60. The zero-order valence-electron chi connectivity index (χ0n) is 22.0. The fraction of sp³-hybridized carbons (Fsp3) is 0.593. The van der Waals surface area contributed by atoms with Gasteiger partial charge in [0.25, 0.3) is 0 Å². The van der Waals surface area contributed by atoms with Crippen molar-refractivity contribution in [1.29, 1.82) is 5.41 Å². The van der Waals surface area contributed by atoms with E-state index in [0.29, 0.717) is 43.3 Å². The van der Waals surface area contributed by atoms with Crippen LogP contribution in [0.4, 0.5) is 0 Å². The smallest absolute Gasteiger partial charge is 0.243 e. The van der Waals surface area contributed by atoms with Crippen LogP contribution in [0.3, 0.4) is 0 Å². The summed E-state index contributed by atoms with van der Waals surface area (Å²) in [5.41, 5.74) is 11.9. The molecule has 1 aliphatic carbocycles. The zero-order valence-corrected chi connectivity index (χ0v) is 22.8. The van der Waals surface area contributed by atoms with Crippen molar-refractivity contribution >= 4 is 45.1 Å². The predicted octanol–water partition coefficient (Wildman–Crippen LogP) is 2.33. The quantitative estimate of drug-likeness (QED) is 0.203. The van der Waals surface area contributed by atoms with E-state index >= 15 is 0 Å². The Hall–Kier alpha value is -2.89. The van der Waals surface area contributed by atoms with Crippen LogP contribution >= 0.6 is 11.3 Å². The molecule has 6 N–H and O–H groups in total. The van der Waals surface area contributed by atoms with Crippen LogP contribution in [0.2, 0.25) is 0 Å². The normalized spacial score (nSPS) is 21.3. The molecule has 10 nitrogen and oxygen atoms in total. The van der Waals surface area contributed by atoms with Gasteiger partial charge in [-0.15, -0.1) is 11.3 Å². The van der Waals surface area contributed by atoms with Crippen LogP contribution in [0.5, 0.6) is 0 Å². The average Bonchev–Trinajstić information content (AvgIpc) is 3.56. The van der Waals surface area contributed by atoms with E-state index in [2.05, 4.69) is 10.3 Å². The molecule has 2 amide bonds. The van der Waals surface area contributed by atoms with Crippen LogP contribution < -0.4 is 16.8 Å². The van der Waals surface area contributed by atoms with Crippen molar-refractivity contribution in [2.24, 2.45) is 23.3 Å². The number of amides is 2. The minimum absolute atomic E-state index is 0.0323. The highest BCUT2D eigenvalue weighted by atomic mass is 32.1. The summed E-state index contributed by atoms with van der Waals surface area (Å²) in [5, 5.41) is 10.5. The molecule has 0 spiro atoms. The number of carbonyl (C=O) groups excluding carboxylic acids is 3. The third-order valence-corrected chi connectivity index (χ3v) is 9.08. The standard InChI is InChI=1S/C27H39N7O3S/c1-33(27(29)30)13-7-11-20(24(36)26-31-19-10-5-6-12-22(19)38-26)34-16-18(17-8-3-2-4-9-17)14-21(34)25(37)32-23(35)15-28/h5-6,10,12,17-18,20-21H,2-4,7-9,11,13-16,28H2,1H3,(H3,29,30)(H,32,35,37)/t18?,20-,21-/m0/s1. The van der Waals surface area contributed by atoms with Crippen LogP contribution in [-0.4, -0.2) is 77.1 Å². The molecule has 2 aromatic rings. The van der Waals surface area contributed by atoms with Crippen LogP contribution in [0.25, 0.3) is 10.2 Å². The number of hydrogen-bond donors (Lipinski definition) is 4. The second-order valence-electron chi connectivity index (χ2n) is 10.5. The number of ketones is 1. The zero-order chi connectivity index (χ0) is 27.2. The summed E-state index contributed by atoms with van der Waals surface area (Å²) in [6, 6.07) is 6.50. The number of para-hydroxylation sites is 1. The average molecular weight is 542 g/mol. The highest BCUT2D eigenvalue weighted by molar-refractivity contribution is 7.20. The van der Waals surface area contributed by atoms with Crippen LogP contribution in [0, 0.1) is 17.2 Å². The maximum atomic E-state index is 14.0. The van der Waals surface area contributed by atoms with E-state index in [1.54, 1.807) is 11.9 Å². The van der Waals surface area contributed by atoms with Crippen LogP contribution in [0.1, 0.15) is 61.2 Å². The lowest BCUT2D eigenvalue weighted by Gasteiger charge is -2.32. The third kappa shape index (κ3) is 6.57.